The molecule has 3 aromatic carbocycles. The Balaban J connectivity index is 1.90. The maximum Gasteiger partial charge on any atom is 0.244 e. The van der Waals surface area contributed by atoms with Crippen LogP contribution in [0.2, 0.25) is 5.02 Å². The number of anilines is 1. The first-order valence-corrected chi connectivity index (χ1v) is 12.8. The normalized spacial score (nSPS) is 11.5. The van der Waals surface area contributed by atoms with Crippen molar-refractivity contribution in [3.8, 4) is 5.75 Å². The van der Waals surface area contributed by atoms with Crippen LogP contribution < -0.4 is 10.1 Å². The predicted molar refractivity (Wildman–Crippen MR) is 136 cm³/mol. The number of carbonyl (C=O) groups is 1. The van der Waals surface area contributed by atoms with Crippen molar-refractivity contribution in [1.29, 1.82) is 0 Å². The lowest BCUT2D eigenvalue weighted by atomic mass is 10.1. The molecule has 0 aliphatic carbocycles. The summed E-state index contributed by atoms with van der Waals surface area (Å²) in [6.07, 6.45) is 0. The lowest BCUT2D eigenvalue weighted by molar-refractivity contribution is -0.116. The summed E-state index contributed by atoms with van der Waals surface area (Å²) in [4.78, 5) is 13.1. The third-order valence-electron chi connectivity index (χ3n) is 5.24. The van der Waals surface area contributed by atoms with E-state index in [-0.39, 0.29) is 18.0 Å². The van der Waals surface area contributed by atoms with E-state index in [0.717, 1.165) is 11.1 Å². The Bertz CT molecular complexity index is 1230. The van der Waals surface area contributed by atoms with Gasteiger partial charge in [-0.3, -0.25) is 4.79 Å². The molecule has 3 rings (SSSR count). The predicted octanol–water partition coefficient (Wildman–Crippen LogP) is 5.49. The SMILES string of the molecule is CCOc1ccc(NC(=O)CN(Cc2ccc(Cl)cc2)S(=O)(=O)c2c(C)cc(C)cc2C)cc1. The van der Waals surface area contributed by atoms with Crippen molar-refractivity contribution >= 4 is 33.2 Å². The number of carbonyl (C=O) groups excluding carboxylic acids is 1. The van der Waals surface area contributed by atoms with Crippen LogP contribution in [0.4, 0.5) is 5.69 Å². The van der Waals surface area contributed by atoms with Gasteiger partial charge in [0.2, 0.25) is 15.9 Å². The summed E-state index contributed by atoms with van der Waals surface area (Å²) in [5, 5.41) is 3.33. The zero-order valence-electron chi connectivity index (χ0n) is 19.8. The van der Waals surface area contributed by atoms with Crippen molar-refractivity contribution < 1.29 is 17.9 Å². The second-order valence-corrected chi connectivity index (χ2v) is 10.4. The molecule has 0 heterocycles. The van der Waals surface area contributed by atoms with Gasteiger partial charge in [0, 0.05) is 17.3 Å². The molecule has 0 saturated heterocycles. The molecule has 6 nitrogen and oxygen atoms in total. The van der Waals surface area contributed by atoms with Crippen LogP contribution in [0.25, 0.3) is 0 Å². The summed E-state index contributed by atoms with van der Waals surface area (Å²) in [5.41, 5.74) is 3.55. The smallest absolute Gasteiger partial charge is 0.244 e. The average Bonchev–Trinajstić information content (AvgIpc) is 2.75. The Morgan fingerprint density at radius 3 is 2.12 bits per heavy atom. The van der Waals surface area contributed by atoms with Crippen molar-refractivity contribution in [1.82, 2.24) is 4.31 Å². The van der Waals surface area contributed by atoms with Crippen LogP contribution in [-0.4, -0.2) is 31.8 Å². The van der Waals surface area contributed by atoms with Crippen LogP contribution in [-0.2, 0) is 21.4 Å². The zero-order chi connectivity index (χ0) is 24.9. The summed E-state index contributed by atoms with van der Waals surface area (Å²) in [5.74, 6) is 0.252. The monoisotopic (exact) mass is 500 g/mol. The fourth-order valence-corrected chi connectivity index (χ4v) is 5.81. The van der Waals surface area contributed by atoms with Crippen molar-refractivity contribution in [3.05, 3.63) is 87.9 Å². The van der Waals surface area contributed by atoms with E-state index in [1.807, 2.05) is 26.0 Å². The summed E-state index contributed by atoms with van der Waals surface area (Å²) < 4.78 is 34.1. The number of nitrogens with one attached hydrogen (secondary N) is 1. The van der Waals surface area contributed by atoms with Crippen molar-refractivity contribution in [2.75, 3.05) is 18.5 Å². The van der Waals surface area contributed by atoms with Crippen LogP contribution in [0.15, 0.2) is 65.6 Å². The topological polar surface area (TPSA) is 75.7 Å². The molecule has 0 radical (unpaired) electrons. The fraction of sp³-hybridized carbons (Fsp3) is 0.269. The van der Waals surface area contributed by atoms with Crippen molar-refractivity contribution in [2.45, 2.75) is 39.1 Å². The number of hydrogen-bond acceptors (Lipinski definition) is 4. The van der Waals surface area contributed by atoms with E-state index < -0.39 is 15.9 Å². The minimum atomic E-state index is -3.97. The molecule has 0 spiro atoms. The minimum Gasteiger partial charge on any atom is -0.494 e. The Morgan fingerprint density at radius 1 is 0.971 bits per heavy atom. The van der Waals surface area contributed by atoms with Crippen molar-refractivity contribution in [3.63, 3.8) is 0 Å². The summed E-state index contributed by atoms with van der Waals surface area (Å²) in [6, 6.07) is 17.5. The summed E-state index contributed by atoms with van der Waals surface area (Å²) >= 11 is 5.99. The van der Waals surface area contributed by atoms with E-state index in [2.05, 4.69) is 5.32 Å². The standard InChI is InChI=1S/C26H29ClN2O4S/c1-5-33-24-12-10-23(11-13-24)28-25(30)17-29(16-21-6-8-22(27)9-7-21)34(31,32)26-19(3)14-18(2)15-20(26)4/h6-15H,5,16-17H2,1-4H3,(H,28,30). The van der Waals surface area contributed by atoms with Crippen LogP contribution in [0.1, 0.15) is 29.2 Å². The lowest BCUT2D eigenvalue weighted by Crippen LogP contribution is -2.38. The molecule has 180 valence electrons. The van der Waals surface area contributed by atoms with Gasteiger partial charge in [-0.1, -0.05) is 41.4 Å². The van der Waals surface area contributed by atoms with E-state index in [1.165, 1.54) is 4.31 Å². The Kier molecular flexibility index (Phi) is 8.36. The molecule has 8 heteroatoms. The highest BCUT2D eigenvalue weighted by Gasteiger charge is 2.30. The minimum absolute atomic E-state index is 0.0307. The van der Waals surface area contributed by atoms with Crippen molar-refractivity contribution in [2.24, 2.45) is 0 Å². The second-order valence-electron chi connectivity index (χ2n) is 8.13. The molecule has 1 amide bonds. The molecule has 0 bridgehead atoms. The average molecular weight is 501 g/mol. The highest BCUT2D eigenvalue weighted by Crippen LogP contribution is 2.27. The number of halogens is 1. The second kappa shape index (κ2) is 11.0. The van der Waals surface area contributed by atoms with Gasteiger partial charge in [0.1, 0.15) is 5.75 Å². The molecule has 0 aromatic heterocycles. The van der Waals surface area contributed by atoms with Gasteiger partial charge >= 0.3 is 0 Å². The molecule has 0 fully saturated rings. The van der Waals surface area contributed by atoms with E-state index in [0.29, 0.717) is 34.2 Å². The third kappa shape index (κ3) is 6.38. The first-order valence-electron chi connectivity index (χ1n) is 11.0. The molecule has 0 aliphatic rings. The van der Waals surface area contributed by atoms with E-state index in [1.54, 1.807) is 62.4 Å². The number of hydrogen-bond donors (Lipinski definition) is 1. The highest BCUT2D eigenvalue weighted by atomic mass is 35.5. The zero-order valence-corrected chi connectivity index (χ0v) is 21.3. The summed E-state index contributed by atoms with van der Waals surface area (Å²) in [6.45, 7) is 7.59. The number of nitrogens with zero attached hydrogens (tertiary/aromatic N) is 1. The van der Waals surface area contributed by atoms with Crippen LogP contribution in [0.3, 0.4) is 0 Å². The summed E-state index contributed by atoms with van der Waals surface area (Å²) in [7, 11) is -3.97. The number of rotatable bonds is 9. The van der Waals surface area contributed by atoms with Gasteiger partial charge in [0.15, 0.2) is 0 Å². The van der Waals surface area contributed by atoms with Crippen LogP contribution >= 0.6 is 11.6 Å². The largest absolute Gasteiger partial charge is 0.494 e. The van der Waals surface area contributed by atoms with Gasteiger partial charge < -0.3 is 10.1 Å². The van der Waals surface area contributed by atoms with Gasteiger partial charge in [-0.15, -0.1) is 0 Å². The number of ether oxygens (including phenoxy) is 1. The molecule has 0 unspecified atom stereocenters. The molecule has 0 aliphatic heterocycles. The molecule has 3 aromatic rings. The fourth-order valence-electron chi connectivity index (χ4n) is 3.88. The van der Waals surface area contributed by atoms with Gasteiger partial charge in [-0.2, -0.15) is 4.31 Å². The number of benzene rings is 3. The van der Waals surface area contributed by atoms with Crippen LogP contribution in [0.5, 0.6) is 5.75 Å². The van der Waals surface area contributed by atoms with Gasteiger partial charge in [-0.25, -0.2) is 8.42 Å². The number of aryl methyl sites for hydroxylation is 3. The Labute approximate surface area is 206 Å². The number of sulfonamides is 1. The van der Waals surface area contributed by atoms with Gasteiger partial charge in [-0.05, 0) is 80.8 Å². The van der Waals surface area contributed by atoms with Crippen LogP contribution in [0, 0.1) is 20.8 Å². The quantitative estimate of drug-likeness (QED) is 0.421. The molecule has 34 heavy (non-hydrogen) atoms. The molecule has 0 atom stereocenters. The van der Waals surface area contributed by atoms with E-state index in [4.69, 9.17) is 16.3 Å². The Morgan fingerprint density at radius 2 is 1.56 bits per heavy atom. The van der Waals surface area contributed by atoms with Gasteiger partial charge in [0.25, 0.3) is 0 Å². The molecule has 1 N–H and O–H groups in total. The molecular formula is C26H29ClN2O4S. The van der Waals surface area contributed by atoms with E-state index >= 15 is 0 Å². The van der Waals surface area contributed by atoms with Gasteiger partial charge in [0.05, 0.1) is 18.0 Å². The first kappa shape index (κ1) is 25.7. The Hall–Kier alpha value is -2.87. The maximum absolute atomic E-state index is 13.8. The molecule has 0 saturated carbocycles. The van der Waals surface area contributed by atoms with E-state index in [9.17, 15) is 13.2 Å². The maximum atomic E-state index is 13.8. The highest BCUT2D eigenvalue weighted by molar-refractivity contribution is 7.89. The molecular weight excluding hydrogens is 472 g/mol. The lowest BCUT2D eigenvalue weighted by Gasteiger charge is -2.24. The third-order valence-corrected chi connectivity index (χ3v) is 7.59. The first-order chi connectivity index (χ1) is 16.1. The number of amides is 1.